The van der Waals surface area contributed by atoms with Gasteiger partial charge in [0.25, 0.3) is 0 Å². The highest BCUT2D eigenvalue weighted by atomic mass is 19.1. The van der Waals surface area contributed by atoms with Crippen LogP contribution in [0, 0.1) is 11.7 Å². The summed E-state index contributed by atoms with van der Waals surface area (Å²) in [7, 11) is 1.91. The second-order valence-corrected chi connectivity index (χ2v) is 3.96. The van der Waals surface area contributed by atoms with Crippen LogP contribution in [0.4, 0.5) is 4.39 Å². The summed E-state index contributed by atoms with van der Waals surface area (Å²) in [6.07, 6.45) is 6.73. The van der Waals surface area contributed by atoms with Crippen LogP contribution in [0.15, 0.2) is 18.5 Å². The lowest BCUT2D eigenvalue weighted by molar-refractivity contribution is 0.508. The molecular formula is C11H15FN2. The van der Waals surface area contributed by atoms with Gasteiger partial charge < -0.3 is 5.32 Å². The fourth-order valence-corrected chi connectivity index (χ4v) is 1.73. The summed E-state index contributed by atoms with van der Waals surface area (Å²) >= 11 is 0. The number of hydrogen-bond acceptors (Lipinski definition) is 2. The summed E-state index contributed by atoms with van der Waals surface area (Å²) in [5.41, 5.74) is 0.958. The molecule has 1 unspecified atom stereocenters. The second-order valence-electron chi connectivity index (χ2n) is 3.96. The standard InChI is InChI=1S/C11H15FN2/c1-13-11(4-8-2-3-8)9-5-10(12)7-14-6-9/h5-8,11,13H,2-4H2,1H3. The summed E-state index contributed by atoms with van der Waals surface area (Å²) in [4.78, 5) is 3.87. The van der Waals surface area contributed by atoms with Crippen LogP contribution in [0.25, 0.3) is 0 Å². The first-order valence-corrected chi connectivity index (χ1v) is 5.07. The van der Waals surface area contributed by atoms with E-state index in [4.69, 9.17) is 0 Å². The molecule has 3 heteroatoms. The molecule has 0 saturated heterocycles. The Bertz CT molecular complexity index is 310. The van der Waals surface area contributed by atoms with Crippen LogP contribution in [0.5, 0.6) is 0 Å². The van der Waals surface area contributed by atoms with E-state index in [9.17, 15) is 4.39 Å². The Kier molecular flexibility index (Phi) is 2.77. The van der Waals surface area contributed by atoms with Crippen molar-refractivity contribution in [1.29, 1.82) is 0 Å². The molecule has 1 aromatic rings. The van der Waals surface area contributed by atoms with E-state index in [1.165, 1.54) is 19.0 Å². The molecule has 2 rings (SSSR count). The van der Waals surface area contributed by atoms with Crippen molar-refractivity contribution >= 4 is 0 Å². The van der Waals surface area contributed by atoms with Crippen LogP contribution in [0.1, 0.15) is 30.9 Å². The topological polar surface area (TPSA) is 24.9 Å². The van der Waals surface area contributed by atoms with Crippen LogP contribution in [0.3, 0.4) is 0 Å². The highest BCUT2D eigenvalue weighted by Crippen LogP contribution is 2.37. The normalized spacial score (nSPS) is 18.1. The molecule has 0 aliphatic heterocycles. The van der Waals surface area contributed by atoms with Crippen LogP contribution < -0.4 is 5.32 Å². The summed E-state index contributed by atoms with van der Waals surface area (Å²) in [5, 5.41) is 3.21. The van der Waals surface area contributed by atoms with Gasteiger partial charge in [-0.2, -0.15) is 0 Å². The molecule has 0 spiro atoms. The lowest BCUT2D eigenvalue weighted by atomic mass is 10.0. The summed E-state index contributed by atoms with van der Waals surface area (Å²) < 4.78 is 12.9. The van der Waals surface area contributed by atoms with Crippen molar-refractivity contribution in [2.24, 2.45) is 5.92 Å². The molecule has 1 N–H and O–H groups in total. The lowest BCUT2D eigenvalue weighted by Gasteiger charge is -2.15. The third kappa shape index (κ3) is 2.29. The highest BCUT2D eigenvalue weighted by molar-refractivity contribution is 5.15. The van der Waals surface area contributed by atoms with Gasteiger partial charge in [-0.25, -0.2) is 4.39 Å². The Balaban J connectivity index is 2.08. The molecule has 0 bridgehead atoms. The van der Waals surface area contributed by atoms with E-state index in [1.807, 2.05) is 7.05 Å². The van der Waals surface area contributed by atoms with Crippen molar-refractivity contribution in [1.82, 2.24) is 10.3 Å². The number of rotatable bonds is 4. The molecule has 0 amide bonds. The first kappa shape index (κ1) is 9.59. The number of nitrogens with zero attached hydrogens (tertiary/aromatic N) is 1. The zero-order valence-electron chi connectivity index (χ0n) is 8.33. The van der Waals surface area contributed by atoms with Gasteiger partial charge in [0, 0.05) is 12.2 Å². The van der Waals surface area contributed by atoms with E-state index in [-0.39, 0.29) is 11.9 Å². The van der Waals surface area contributed by atoms with Crippen molar-refractivity contribution in [3.8, 4) is 0 Å². The Morgan fingerprint density at radius 2 is 2.36 bits per heavy atom. The number of hydrogen-bond donors (Lipinski definition) is 1. The molecule has 14 heavy (non-hydrogen) atoms. The Morgan fingerprint density at radius 3 is 2.93 bits per heavy atom. The van der Waals surface area contributed by atoms with Gasteiger partial charge in [-0.15, -0.1) is 0 Å². The summed E-state index contributed by atoms with van der Waals surface area (Å²) in [5.74, 6) is 0.578. The van der Waals surface area contributed by atoms with Gasteiger partial charge >= 0.3 is 0 Å². The van der Waals surface area contributed by atoms with Gasteiger partial charge in [0.15, 0.2) is 0 Å². The molecule has 0 radical (unpaired) electrons. The maximum absolute atomic E-state index is 12.9. The average molecular weight is 194 g/mol. The summed E-state index contributed by atoms with van der Waals surface area (Å²) in [6.45, 7) is 0. The Hall–Kier alpha value is -0.960. The SMILES string of the molecule is CNC(CC1CC1)c1cncc(F)c1. The number of halogens is 1. The van der Waals surface area contributed by atoms with E-state index in [2.05, 4.69) is 10.3 Å². The number of nitrogens with one attached hydrogen (secondary N) is 1. The van der Waals surface area contributed by atoms with Gasteiger partial charge in [-0.3, -0.25) is 4.98 Å². The zero-order chi connectivity index (χ0) is 9.97. The molecule has 2 nitrogen and oxygen atoms in total. The van der Waals surface area contributed by atoms with Gasteiger partial charge in [0.1, 0.15) is 5.82 Å². The van der Waals surface area contributed by atoms with E-state index < -0.39 is 0 Å². The van der Waals surface area contributed by atoms with Gasteiger partial charge in [0.05, 0.1) is 6.20 Å². The van der Waals surface area contributed by atoms with Gasteiger partial charge in [-0.1, -0.05) is 12.8 Å². The molecule has 1 fully saturated rings. The monoisotopic (exact) mass is 194 g/mol. The molecular weight excluding hydrogens is 179 g/mol. The van der Waals surface area contributed by atoms with Crippen LogP contribution in [-0.4, -0.2) is 12.0 Å². The molecule has 1 saturated carbocycles. The maximum atomic E-state index is 12.9. The van der Waals surface area contributed by atoms with Crippen molar-refractivity contribution in [2.75, 3.05) is 7.05 Å². The van der Waals surface area contributed by atoms with Crippen LogP contribution >= 0.6 is 0 Å². The smallest absolute Gasteiger partial charge is 0.141 e. The molecule has 76 valence electrons. The third-order valence-electron chi connectivity index (χ3n) is 2.74. The second kappa shape index (κ2) is 4.05. The van der Waals surface area contributed by atoms with Crippen molar-refractivity contribution in [2.45, 2.75) is 25.3 Å². The number of aromatic nitrogens is 1. The van der Waals surface area contributed by atoms with E-state index in [0.29, 0.717) is 0 Å². The van der Waals surface area contributed by atoms with Crippen LogP contribution in [-0.2, 0) is 0 Å². The quantitative estimate of drug-likeness (QED) is 0.795. The van der Waals surface area contributed by atoms with Crippen LogP contribution in [0.2, 0.25) is 0 Å². The fraction of sp³-hybridized carbons (Fsp3) is 0.545. The third-order valence-corrected chi connectivity index (χ3v) is 2.74. The van der Waals surface area contributed by atoms with E-state index >= 15 is 0 Å². The molecule has 0 aromatic carbocycles. The summed E-state index contributed by atoms with van der Waals surface area (Å²) in [6, 6.07) is 1.82. The van der Waals surface area contributed by atoms with Gasteiger partial charge in [-0.05, 0) is 31.0 Å². The predicted octanol–water partition coefficient (Wildman–Crippen LogP) is 2.28. The lowest BCUT2D eigenvalue weighted by Crippen LogP contribution is -2.17. The van der Waals surface area contributed by atoms with Gasteiger partial charge in [0.2, 0.25) is 0 Å². The van der Waals surface area contributed by atoms with E-state index in [1.54, 1.807) is 12.3 Å². The number of pyridine rings is 1. The fourth-order valence-electron chi connectivity index (χ4n) is 1.73. The Labute approximate surface area is 83.6 Å². The molecule has 1 heterocycles. The highest BCUT2D eigenvalue weighted by Gasteiger charge is 2.25. The minimum atomic E-state index is -0.251. The zero-order valence-corrected chi connectivity index (χ0v) is 8.33. The maximum Gasteiger partial charge on any atom is 0.141 e. The van der Waals surface area contributed by atoms with Crippen molar-refractivity contribution in [3.05, 3.63) is 29.8 Å². The largest absolute Gasteiger partial charge is 0.313 e. The van der Waals surface area contributed by atoms with Crippen molar-refractivity contribution < 1.29 is 4.39 Å². The minimum Gasteiger partial charge on any atom is -0.313 e. The van der Waals surface area contributed by atoms with Crippen molar-refractivity contribution in [3.63, 3.8) is 0 Å². The first-order valence-electron chi connectivity index (χ1n) is 5.07. The molecule has 1 atom stereocenters. The minimum absolute atomic E-state index is 0.251. The predicted molar refractivity (Wildman–Crippen MR) is 53.3 cm³/mol. The first-order chi connectivity index (χ1) is 6.79. The molecule has 1 aliphatic rings. The Morgan fingerprint density at radius 1 is 1.57 bits per heavy atom. The van der Waals surface area contributed by atoms with E-state index in [0.717, 1.165) is 17.9 Å². The average Bonchev–Trinajstić information content (AvgIpc) is 2.98. The molecule has 1 aromatic heterocycles. The molecule has 1 aliphatic carbocycles.